The predicted octanol–water partition coefficient (Wildman–Crippen LogP) is 2.97. The van der Waals surface area contributed by atoms with Gasteiger partial charge in [-0.05, 0) is 31.2 Å². The van der Waals surface area contributed by atoms with Crippen molar-refractivity contribution in [1.29, 1.82) is 0 Å². The Hall–Kier alpha value is -0.900. The summed E-state index contributed by atoms with van der Waals surface area (Å²) in [5.41, 5.74) is -0.222. The zero-order chi connectivity index (χ0) is 16.5. The van der Waals surface area contributed by atoms with Gasteiger partial charge in [0.2, 0.25) is 11.8 Å². The summed E-state index contributed by atoms with van der Waals surface area (Å²) in [6.07, 6.45) is 2.87. The molecule has 0 aliphatic carbocycles. The largest absolute Gasteiger partial charge is 0.314 e. The molecular weight excluding hydrogens is 264 g/mol. The molecule has 1 saturated heterocycles. The van der Waals surface area contributed by atoms with Crippen molar-refractivity contribution in [1.82, 2.24) is 10.2 Å². The topological polar surface area (TPSA) is 49.4 Å². The Labute approximate surface area is 129 Å². The normalized spacial score (nSPS) is 20.0. The Kier molecular flexibility index (Phi) is 5.25. The molecule has 2 amide bonds. The minimum Gasteiger partial charge on any atom is -0.314 e. The molecule has 0 aromatic heterocycles. The summed E-state index contributed by atoms with van der Waals surface area (Å²) in [5.74, 6) is -0.101. The van der Waals surface area contributed by atoms with Crippen molar-refractivity contribution in [2.45, 2.75) is 72.8 Å². The van der Waals surface area contributed by atoms with Crippen LogP contribution in [0, 0.1) is 10.8 Å². The Balaban J connectivity index is 2.79. The molecule has 4 nitrogen and oxygen atoms in total. The first-order valence-corrected chi connectivity index (χ1v) is 7.96. The lowest BCUT2D eigenvalue weighted by Gasteiger charge is -2.42. The van der Waals surface area contributed by atoms with Crippen LogP contribution in [0.25, 0.3) is 0 Å². The van der Waals surface area contributed by atoms with Gasteiger partial charge in [0.25, 0.3) is 0 Å². The Morgan fingerprint density at radius 2 is 1.57 bits per heavy atom. The molecule has 0 unspecified atom stereocenters. The van der Waals surface area contributed by atoms with E-state index in [1.165, 1.54) is 4.90 Å². The molecule has 1 rings (SSSR count). The fraction of sp³-hybridized carbons (Fsp3) is 0.882. The minimum atomic E-state index is -0.391. The summed E-state index contributed by atoms with van der Waals surface area (Å²) in [7, 11) is 1.81. The van der Waals surface area contributed by atoms with Gasteiger partial charge in [0.05, 0.1) is 0 Å². The number of carbonyl (C=O) groups is 2. The van der Waals surface area contributed by atoms with Gasteiger partial charge in [-0.15, -0.1) is 0 Å². The van der Waals surface area contributed by atoms with Crippen LogP contribution >= 0.6 is 0 Å². The van der Waals surface area contributed by atoms with Gasteiger partial charge in [0.15, 0.2) is 0 Å². The van der Waals surface area contributed by atoms with Crippen molar-refractivity contribution in [3.63, 3.8) is 0 Å². The van der Waals surface area contributed by atoms with Gasteiger partial charge >= 0.3 is 0 Å². The van der Waals surface area contributed by atoms with Gasteiger partial charge < -0.3 is 5.32 Å². The molecule has 1 heterocycles. The molecule has 122 valence electrons. The van der Waals surface area contributed by atoms with Crippen LogP contribution in [0.4, 0.5) is 0 Å². The SMILES string of the molecule is CCC(C)(C)CC(C)(C)CN1C(=O)CC(C)(NC)CC1=O. The van der Waals surface area contributed by atoms with Crippen LogP contribution in [0.1, 0.15) is 67.2 Å². The highest BCUT2D eigenvalue weighted by atomic mass is 16.2. The van der Waals surface area contributed by atoms with E-state index >= 15 is 0 Å². The monoisotopic (exact) mass is 296 g/mol. The summed E-state index contributed by atoms with van der Waals surface area (Å²) < 4.78 is 0. The lowest BCUT2D eigenvalue weighted by atomic mass is 9.73. The summed E-state index contributed by atoms with van der Waals surface area (Å²) in [5, 5.41) is 3.10. The first-order chi connectivity index (χ1) is 9.44. The van der Waals surface area contributed by atoms with Crippen molar-refractivity contribution in [3.05, 3.63) is 0 Å². The maximum atomic E-state index is 12.4. The van der Waals surface area contributed by atoms with Crippen molar-refractivity contribution >= 4 is 11.8 Å². The molecule has 0 spiro atoms. The highest BCUT2D eigenvalue weighted by Gasteiger charge is 2.42. The first kappa shape index (κ1) is 18.1. The van der Waals surface area contributed by atoms with Crippen LogP contribution in [0.3, 0.4) is 0 Å². The Morgan fingerprint density at radius 3 is 1.95 bits per heavy atom. The van der Waals surface area contributed by atoms with Gasteiger partial charge in [0.1, 0.15) is 0 Å². The van der Waals surface area contributed by atoms with Gasteiger partial charge in [-0.25, -0.2) is 0 Å². The number of imide groups is 1. The number of piperidine rings is 1. The number of nitrogens with zero attached hydrogens (tertiary/aromatic N) is 1. The molecule has 1 aliphatic heterocycles. The Bertz CT molecular complexity index is 395. The predicted molar refractivity (Wildman–Crippen MR) is 85.9 cm³/mol. The molecular formula is C17H32N2O2. The fourth-order valence-corrected chi connectivity index (χ4v) is 3.32. The maximum Gasteiger partial charge on any atom is 0.231 e. The van der Waals surface area contributed by atoms with Crippen LogP contribution in [0.15, 0.2) is 0 Å². The third kappa shape index (κ3) is 4.80. The molecule has 21 heavy (non-hydrogen) atoms. The van der Waals surface area contributed by atoms with E-state index in [0.717, 1.165) is 12.8 Å². The average molecular weight is 296 g/mol. The molecule has 0 aromatic rings. The Morgan fingerprint density at radius 1 is 1.10 bits per heavy atom. The number of amides is 2. The lowest BCUT2D eigenvalue weighted by molar-refractivity contribution is -0.153. The highest BCUT2D eigenvalue weighted by Crippen LogP contribution is 2.37. The standard InChI is InChI=1S/C17H32N2O2/c1-8-15(2,3)11-16(4,5)12-19-13(20)9-17(6,18-7)10-14(19)21/h18H,8-12H2,1-7H3. The first-order valence-electron chi connectivity index (χ1n) is 7.96. The van der Waals surface area contributed by atoms with E-state index in [1.54, 1.807) is 0 Å². The average Bonchev–Trinajstić information content (AvgIpc) is 2.33. The highest BCUT2D eigenvalue weighted by molar-refractivity contribution is 5.99. The van der Waals surface area contributed by atoms with E-state index in [9.17, 15) is 9.59 Å². The van der Waals surface area contributed by atoms with Crippen LogP contribution in [0.5, 0.6) is 0 Å². The molecule has 0 radical (unpaired) electrons. The second kappa shape index (κ2) is 6.07. The van der Waals surface area contributed by atoms with Crippen LogP contribution in [-0.2, 0) is 9.59 Å². The van der Waals surface area contributed by atoms with Crippen molar-refractivity contribution in [2.24, 2.45) is 10.8 Å². The van der Waals surface area contributed by atoms with E-state index in [4.69, 9.17) is 0 Å². The number of nitrogens with one attached hydrogen (secondary N) is 1. The van der Waals surface area contributed by atoms with E-state index in [2.05, 4.69) is 39.9 Å². The van der Waals surface area contributed by atoms with E-state index < -0.39 is 5.54 Å². The maximum absolute atomic E-state index is 12.4. The van der Waals surface area contributed by atoms with Crippen LogP contribution in [-0.4, -0.2) is 35.8 Å². The number of carbonyl (C=O) groups excluding carboxylic acids is 2. The molecule has 0 saturated carbocycles. The lowest BCUT2D eigenvalue weighted by Crippen LogP contribution is -2.57. The molecule has 1 N–H and O–H groups in total. The van der Waals surface area contributed by atoms with E-state index in [0.29, 0.717) is 19.4 Å². The number of rotatable bonds is 6. The molecule has 0 aromatic carbocycles. The van der Waals surface area contributed by atoms with Gasteiger partial charge in [-0.3, -0.25) is 14.5 Å². The third-order valence-electron chi connectivity index (χ3n) is 4.79. The molecule has 0 atom stereocenters. The smallest absolute Gasteiger partial charge is 0.231 e. The molecule has 1 fully saturated rings. The second-order valence-electron chi connectivity index (χ2n) is 8.40. The number of hydrogen-bond donors (Lipinski definition) is 1. The summed E-state index contributed by atoms with van der Waals surface area (Å²) >= 11 is 0. The zero-order valence-corrected chi connectivity index (χ0v) is 14.8. The summed E-state index contributed by atoms with van der Waals surface area (Å²) in [6, 6.07) is 0. The molecule has 1 aliphatic rings. The number of hydrogen-bond acceptors (Lipinski definition) is 3. The van der Waals surface area contributed by atoms with E-state index in [1.807, 2.05) is 14.0 Å². The van der Waals surface area contributed by atoms with Crippen molar-refractivity contribution in [3.8, 4) is 0 Å². The fourth-order valence-electron chi connectivity index (χ4n) is 3.32. The van der Waals surface area contributed by atoms with Crippen LogP contribution in [0.2, 0.25) is 0 Å². The van der Waals surface area contributed by atoms with Gasteiger partial charge in [0, 0.05) is 24.9 Å². The van der Waals surface area contributed by atoms with E-state index in [-0.39, 0.29) is 22.6 Å². The summed E-state index contributed by atoms with van der Waals surface area (Å²) in [4.78, 5) is 26.2. The molecule has 0 bridgehead atoms. The summed E-state index contributed by atoms with van der Waals surface area (Å²) in [6.45, 7) is 13.4. The van der Waals surface area contributed by atoms with Gasteiger partial charge in [-0.1, -0.05) is 41.0 Å². The number of likely N-dealkylation sites (tertiary alicyclic amines) is 1. The minimum absolute atomic E-state index is 0.0505. The second-order valence-corrected chi connectivity index (χ2v) is 8.40. The van der Waals surface area contributed by atoms with Crippen molar-refractivity contribution < 1.29 is 9.59 Å². The van der Waals surface area contributed by atoms with Crippen molar-refractivity contribution in [2.75, 3.05) is 13.6 Å². The molecule has 4 heteroatoms. The quantitative estimate of drug-likeness (QED) is 0.767. The zero-order valence-electron chi connectivity index (χ0n) is 14.8. The third-order valence-corrected chi connectivity index (χ3v) is 4.79. The van der Waals surface area contributed by atoms with Crippen LogP contribution < -0.4 is 5.32 Å². The van der Waals surface area contributed by atoms with Gasteiger partial charge in [-0.2, -0.15) is 0 Å².